The van der Waals surface area contributed by atoms with Crippen LogP contribution < -0.4 is 45.5 Å². The van der Waals surface area contributed by atoms with E-state index in [2.05, 4.69) is 54.3 Å². The van der Waals surface area contributed by atoms with Crippen molar-refractivity contribution in [1.82, 2.24) is 26.6 Å². The Morgan fingerprint density at radius 1 is 0.446 bits per heavy atom. The maximum absolute atomic E-state index is 14.3. The quantitative estimate of drug-likeness (QED) is 0.0930. The lowest BCUT2D eigenvalue weighted by Gasteiger charge is -2.24. The van der Waals surface area contributed by atoms with Crippen LogP contribution in [0.3, 0.4) is 0 Å². The summed E-state index contributed by atoms with van der Waals surface area (Å²) < 4.78 is 26.7. The first kappa shape index (κ1) is 48.4. The molecule has 13 nitrogen and oxygen atoms in total. The summed E-state index contributed by atoms with van der Waals surface area (Å²) in [5.74, 6) is 1.39. The fraction of sp³-hybridized carbons (Fsp3) is 0.462. The highest BCUT2D eigenvalue weighted by Crippen LogP contribution is 2.40. The van der Waals surface area contributed by atoms with Gasteiger partial charge in [0.1, 0.15) is 35.1 Å². The summed E-state index contributed by atoms with van der Waals surface area (Å²) in [5, 5.41) is 14.9. The largest absolute Gasteiger partial charge is 0.493 e. The second-order valence-corrected chi connectivity index (χ2v) is 16.9. The Kier molecular flexibility index (Phi) is 17.7. The molecule has 0 radical (unpaired) electrons. The van der Waals surface area contributed by atoms with Gasteiger partial charge in [0.15, 0.2) is 0 Å². The van der Waals surface area contributed by atoms with Gasteiger partial charge in [-0.25, -0.2) is 0 Å². The van der Waals surface area contributed by atoms with Gasteiger partial charge in [-0.15, -0.1) is 0 Å². The molecular weight excluding hydrogens is 823 g/mol. The molecule has 0 spiro atoms. The Balaban J connectivity index is 1.65. The lowest BCUT2D eigenvalue weighted by Crippen LogP contribution is -2.47. The van der Waals surface area contributed by atoms with Gasteiger partial charge in [0.05, 0.1) is 26.4 Å². The third-order valence-corrected chi connectivity index (χ3v) is 11.4. The molecule has 6 rings (SSSR count). The van der Waals surface area contributed by atoms with Crippen molar-refractivity contribution in [2.75, 3.05) is 52.6 Å². The molecule has 4 amide bonds. The van der Waals surface area contributed by atoms with Crippen LogP contribution in [0.1, 0.15) is 132 Å². The van der Waals surface area contributed by atoms with E-state index in [1.54, 1.807) is 13.8 Å². The highest BCUT2D eigenvalue weighted by atomic mass is 16.5. The van der Waals surface area contributed by atoms with Crippen LogP contribution in [-0.2, 0) is 35.3 Å². The minimum atomic E-state index is -0.828. The van der Waals surface area contributed by atoms with Crippen molar-refractivity contribution < 1.29 is 38.1 Å². The molecule has 0 unspecified atom stereocenters. The zero-order valence-electron chi connectivity index (χ0n) is 39.0. The average Bonchev–Trinajstić information content (AvgIpc) is 3.29. The van der Waals surface area contributed by atoms with E-state index in [4.69, 9.17) is 18.9 Å². The van der Waals surface area contributed by atoms with Crippen molar-refractivity contribution in [3.63, 3.8) is 0 Å². The summed E-state index contributed by atoms with van der Waals surface area (Å²) in [7, 11) is 0. The molecule has 1 heterocycles. The molecule has 0 saturated carbocycles. The number of carbonyl (C=O) groups is 4. The highest BCUT2D eigenvalue weighted by molar-refractivity contribution is 5.99. The second-order valence-electron chi connectivity index (χ2n) is 16.9. The zero-order chi connectivity index (χ0) is 46.3. The third-order valence-electron chi connectivity index (χ3n) is 11.4. The number of fused-ring (bicyclic) bond motifs is 6. The molecule has 4 aromatic rings. The molecule has 4 aromatic carbocycles. The number of para-hydroxylation sites is 2. The number of benzene rings is 4. The first-order valence-electron chi connectivity index (χ1n) is 23.5. The van der Waals surface area contributed by atoms with Crippen molar-refractivity contribution >= 4 is 23.6 Å². The molecule has 65 heavy (non-hydrogen) atoms. The molecule has 348 valence electrons. The van der Waals surface area contributed by atoms with Gasteiger partial charge in [0, 0.05) is 63.0 Å². The number of hydrogen-bond donors (Lipinski definition) is 5. The fourth-order valence-corrected chi connectivity index (χ4v) is 8.18. The van der Waals surface area contributed by atoms with E-state index < -0.39 is 12.1 Å². The summed E-state index contributed by atoms with van der Waals surface area (Å²) in [6, 6.07) is 18.0. The van der Waals surface area contributed by atoms with Gasteiger partial charge >= 0.3 is 0 Å². The molecule has 0 fully saturated rings. The monoisotopic (exact) mass is 889 g/mol. The number of hydrogen-bond acceptors (Lipinski definition) is 9. The number of ether oxygens (including phenoxy) is 4. The van der Waals surface area contributed by atoms with Gasteiger partial charge in [-0.2, -0.15) is 0 Å². The Bertz CT molecular complexity index is 2060. The lowest BCUT2D eigenvalue weighted by atomic mass is 9.89. The molecule has 0 saturated heterocycles. The maximum atomic E-state index is 14.3. The van der Waals surface area contributed by atoms with E-state index in [0.29, 0.717) is 112 Å². The Labute approximate surface area is 384 Å². The first-order valence-corrected chi connectivity index (χ1v) is 23.5. The van der Waals surface area contributed by atoms with Crippen LogP contribution in [0, 0.1) is 0 Å². The third kappa shape index (κ3) is 12.6. The van der Waals surface area contributed by atoms with Gasteiger partial charge in [-0.1, -0.05) is 64.1 Å². The van der Waals surface area contributed by atoms with Gasteiger partial charge in [0.25, 0.3) is 11.8 Å². The van der Waals surface area contributed by atoms with Gasteiger partial charge in [0.2, 0.25) is 11.8 Å². The van der Waals surface area contributed by atoms with E-state index in [0.717, 1.165) is 70.2 Å². The molecule has 2 atom stereocenters. The molecule has 1 aliphatic carbocycles. The van der Waals surface area contributed by atoms with E-state index in [1.807, 2.05) is 60.7 Å². The van der Waals surface area contributed by atoms with Gasteiger partial charge in [-0.3, -0.25) is 19.2 Å². The number of carbonyl (C=O) groups excluding carboxylic acids is 4. The minimum Gasteiger partial charge on any atom is -0.493 e. The van der Waals surface area contributed by atoms with Crippen LogP contribution in [-0.4, -0.2) is 88.3 Å². The Morgan fingerprint density at radius 2 is 0.738 bits per heavy atom. The smallest absolute Gasteiger partial charge is 0.251 e. The van der Waals surface area contributed by atoms with Crippen molar-refractivity contribution in [2.45, 2.75) is 105 Å². The maximum Gasteiger partial charge on any atom is 0.251 e. The minimum absolute atomic E-state index is 0.312. The summed E-state index contributed by atoms with van der Waals surface area (Å²) in [4.78, 5) is 55.1. The van der Waals surface area contributed by atoms with Crippen LogP contribution in [0.15, 0.2) is 60.7 Å². The van der Waals surface area contributed by atoms with E-state index >= 15 is 0 Å². The van der Waals surface area contributed by atoms with Crippen LogP contribution in [0.2, 0.25) is 0 Å². The number of nitrogens with one attached hydrogen (secondary N) is 5. The predicted molar refractivity (Wildman–Crippen MR) is 253 cm³/mol. The molecular formula is C52H67N5O8. The first-order chi connectivity index (χ1) is 31.5. The number of rotatable bonds is 12. The second kappa shape index (κ2) is 23.7. The van der Waals surface area contributed by atoms with Crippen LogP contribution in [0.4, 0.5) is 0 Å². The summed E-state index contributed by atoms with van der Waals surface area (Å²) in [5.41, 5.74) is 7.59. The summed E-state index contributed by atoms with van der Waals surface area (Å²) in [6.07, 6.45) is 4.58. The summed E-state index contributed by atoms with van der Waals surface area (Å²) >= 11 is 0. The zero-order valence-corrected chi connectivity index (χ0v) is 39.0. The van der Waals surface area contributed by atoms with Gasteiger partial charge in [-0.05, 0) is 108 Å². The molecule has 2 aliphatic rings. The highest BCUT2D eigenvalue weighted by Gasteiger charge is 2.26. The van der Waals surface area contributed by atoms with E-state index in [9.17, 15) is 19.2 Å². The van der Waals surface area contributed by atoms with Gasteiger partial charge < -0.3 is 45.5 Å². The van der Waals surface area contributed by atoms with Crippen LogP contribution in [0.25, 0.3) is 0 Å². The standard InChI is InChI=1S/C52H67N5O8/c1-7-21-62-45-35-13-11-14-36(45)26-40-30-44-32-42(48(40)65-24-10-4)28-38-16-12-15-37(46(38)63-22-8-2)27-41-31-43(29-39(25-35)47(41)64-23-9-3)51(60)56-33(5)49(58)54-19-17-53-18-20-55-50(59)34(6)57-52(44)61/h11-16,29-34,53H,7-10,17-28H2,1-6H3,(H,54,58)(H,55,59)(H,56,60)(H,57,61)/t33-,34-/m1/s1. The Hall–Kier alpha value is -6.08. The normalized spacial score (nSPS) is 17.3. The fourth-order valence-electron chi connectivity index (χ4n) is 8.18. The van der Waals surface area contributed by atoms with Crippen LogP contribution in [0.5, 0.6) is 23.0 Å². The predicted octanol–water partition coefficient (Wildman–Crippen LogP) is 6.59. The van der Waals surface area contributed by atoms with Crippen LogP contribution >= 0.6 is 0 Å². The van der Waals surface area contributed by atoms with Crippen molar-refractivity contribution in [1.29, 1.82) is 0 Å². The molecule has 13 heteroatoms. The average molecular weight is 890 g/mol. The summed E-state index contributed by atoms with van der Waals surface area (Å²) in [6.45, 7) is 15.0. The molecule has 5 N–H and O–H groups in total. The molecule has 0 aromatic heterocycles. The van der Waals surface area contributed by atoms with Crippen molar-refractivity contribution in [3.8, 4) is 23.0 Å². The molecule has 1 aliphatic heterocycles. The topological polar surface area (TPSA) is 165 Å². The van der Waals surface area contributed by atoms with E-state index in [-0.39, 0.29) is 23.6 Å². The number of amides is 4. The SMILES string of the molecule is CCCOc1c2cccc1Cc1cc3cc(c1OCCC)Cc1cccc(c1OCCC)Cc1cc(cc(c1OCCC)C2)C(=O)N[C@H](C)C(=O)NCCNCCNC(=O)[C@@H](C)NC3=O. The Morgan fingerprint density at radius 3 is 1.03 bits per heavy atom. The van der Waals surface area contributed by atoms with Crippen molar-refractivity contribution in [3.05, 3.63) is 116 Å². The van der Waals surface area contributed by atoms with E-state index in [1.165, 1.54) is 0 Å². The van der Waals surface area contributed by atoms with Crippen molar-refractivity contribution in [2.24, 2.45) is 0 Å². The lowest BCUT2D eigenvalue weighted by molar-refractivity contribution is -0.123. The molecule has 10 bridgehead atoms.